The van der Waals surface area contributed by atoms with Crippen molar-refractivity contribution in [2.24, 2.45) is 17.1 Å². The number of aliphatic hydroxyl groups is 1. The standard InChI is InChI=1S/C8H16O.CH3NO2/c1-8(2,3)6-4-7(9)5-6;2-1(3)4/h6-7,9H,4-5H2,1-3H3;2H2,(H,3,4). The summed E-state index contributed by atoms with van der Waals surface area (Å²) < 4.78 is 0. The lowest BCUT2D eigenvalue weighted by molar-refractivity contribution is -0.00927. The van der Waals surface area contributed by atoms with E-state index in [1.807, 2.05) is 0 Å². The third-order valence-corrected chi connectivity index (χ3v) is 2.34. The van der Waals surface area contributed by atoms with Crippen LogP contribution in [0.4, 0.5) is 4.79 Å². The Kier molecular flexibility index (Phi) is 4.20. The highest BCUT2D eigenvalue weighted by molar-refractivity contribution is 5.61. The normalized spacial score (nSPS) is 26.8. The average molecular weight is 189 g/mol. The predicted molar refractivity (Wildman–Crippen MR) is 50.4 cm³/mol. The molecule has 1 aliphatic carbocycles. The molecule has 0 aliphatic heterocycles. The van der Waals surface area contributed by atoms with Crippen molar-refractivity contribution in [1.29, 1.82) is 0 Å². The van der Waals surface area contributed by atoms with Crippen LogP contribution in [0.25, 0.3) is 0 Å². The van der Waals surface area contributed by atoms with Gasteiger partial charge in [-0.15, -0.1) is 0 Å². The summed E-state index contributed by atoms with van der Waals surface area (Å²) in [6.45, 7) is 6.72. The second-order valence-electron chi connectivity index (χ2n) is 4.53. The molecule has 1 fully saturated rings. The molecule has 13 heavy (non-hydrogen) atoms. The Hall–Kier alpha value is -0.770. The minimum absolute atomic E-state index is 0.00854. The highest BCUT2D eigenvalue weighted by atomic mass is 16.4. The van der Waals surface area contributed by atoms with Crippen molar-refractivity contribution in [2.75, 3.05) is 0 Å². The zero-order valence-electron chi connectivity index (χ0n) is 8.45. The summed E-state index contributed by atoms with van der Waals surface area (Å²) in [5.41, 5.74) is 4.44. The van der Waals surface area contributed by atoms with E-state index in [4.69, 9.17) is 15.0 Å². The molecule has 0 unspecified atom stereocenters. The fraction of sp³-hybridized carbons (Fsp3) is 0.889. The number of carboxylic acid groups (broad SMARTS) is 1. The fourth-order valence-electron chi connectivity index (χ4n) is 1.29. The van der Waals surface area contributed by atoms with E-state index >= 15 is 0 Å². The molecule has 4 nitrogen and oxygen atoms in total. The van der Waals surface area contributed by atoms with Gasteiger partial charge in [-0.3, -0.25) is 0 Å². The van der Waals surface area contributed by atoms with Crippen LogP contribution in [0.3, 0.4) is 0 Å². The van der Waals surface area contributed by atoms with Crippen molar-refractivity contribution in [3.8, 4) is 0 Å². The lowest BCUT2D eigenvalue weighted by atomic mass is 9.67. The second-order valence-corrected chi connectivity index (χ2v) is 4.53. The maximum atomic E-state index is 8.98. The molecule has 0 spiro atoms. The molecule has 0 bridgehead atoms. The zero-order valence-corrected chi connectivity index (χ0v) is 8.45. The molecular formula is C9H19NO3. The Labute approximate surface area is 78.7 Å². The summed E-state index contributed by atoms with van der Waals surface area (Å²) in [6, 6.07) is 0. The molecule has 1 aliphatic rings. The molecule has 78 valence electrons. The van der Waals surface area contributed by atoms with Crippen molar-refractivity contribution in [3.05, 3.63) is 0 Å². The molecule has 4 N–H and O–H groups in total. The number of hydrogen-bond donors (Lipinski definition) is 3. The fourth-order valence-corrected chi connectivity index (χ4v) is 1.29. The first-order chi connectivity index (χ1) is 5.73. The van der Waals surface area contributed by atoms with Gasteiger partial charge in [0, 0.05) is 0 Å². The van der Waals surface area contributed by atoms with E-state index in [0.717, 1.165) is 18.8 Å². The van der Waals surface area contributed by atoms with Crippen LogP contribution in [0.2, 0.25) is 0 Å². The Morgan fingerprint density at radius 2 is 1.69 bits per heavy atom. The van der Waals surface area contributed by atoms with E-state index in [2.05, 4.69) is 26.5 Å². The van der Waals surface area contributed by atoms with Gasteiger partial charge in [0.25, 0.3) is 0 Å². The van der Waals surface area contributed by atoms with Gasteiger partial charge >= 0.3 is 6.09 Å². The number of amides is 1. The molecule has 0 heterocycles. The minimum atomic E-state index is -1.33. The highest BCUT2D eigenvalue weighted by Gasteiger charge is 2.35. The van der Waals surface area contributed by atoms with Gasteiger partial charge in [0.05, 0.1) is 6.10 Å². The summed E-state index contributed by atoms with van der Waals surface area (Å²) in [4.78, 5) is 8.78. The van der Waals surface area contributed by atoms with Crippen LogP contribution in [0.5, 0.6) is 0 Å². The summed E-state index contributed by atoms with van der Waals surface area (Å²) in [5, 5.41) is 16.2. The third-order valence-electron chi connectivity index (χ3n) is 2.34. The maximum absolute atomic E-state index is 8.98. The Morgan fingerprint density at radius 3 is 1.77 bits per heavy atom. The number of hydrogen-bond acceptors (Lipinski definition) is 2. The Morgan fingerprint density at radius 1 is 1.38 bits per heavy atom. The van der Waals surface area contributed by atoms with E-state index < -0.39 is 6.09 Å². The van der Waals surface area contributed by atoms with E-state index in [-0.39, 0.29) is 6.10 Å². The summed E-state index contributed by atoms with van der Waals surface area (Å²) >= 11 is 0. The van der Waals surface area contributed by atoms with E-state index in [1.54, 1.807) is 0 Å². The van der Waals surface area contributed by atoms with Gasteiger partial charge in [-0.1, -0.05) is 20.8 Å². The number of carbonyl (C=O) groups is 1. The quantitative estimate of drug-likeness (QED) is 0.539. The molecule has 4 heteroatoms. The number of aliphatic hydroxyl groups excluding tert-OH is 1. The lowest BCUT2D eigenvalue weighted by Crippen LogP contribution is -2.37. The van der Waals surface area contributed by atoms with Crippen molar-refractivity contribution in [2.45, 2.75) is 39.7 Å². The van der Waals surface area contributed by atoms with Gasteiger partial charge in [0.1, 0.15) is 0 Å². The Bertz CT molecular complexity index is 164. The second kappa shape index (κ2) is 4.46. The first kappa shape index (κ1) is 12.2. The van der Waals surface area contributed by atoms with Crippen LogP contribution in [0.15, 0.2) is 0 Å². The van der Waals surface area contributed by atoms with E-state index in [0.29, 0.717) is 5.41 Å². The third kappa shape index (κ3) is 5.47. The number of nitrogens with two attached hydrogens (primary N) is 1. The molecule has 1 amide bonds. The van der Waals surface area contributed by atoms with Crippen molar-refractivity contribution in [3.63, 3.8) is 0 Å². The van der Waals surface area contributed by atoms with Crippen LogP contribution >= 0.6 is 0 Å². The van der Waals surface area contributed by atoms with Gasteiger partial charge in [0.15, 0.2) is 0 Å². The molecule has 0 radical (unpaired) electrons. The summed E-state index contributed by atoms with van der Waals surface area (Å²) in [5.74, 6) is 0.757. The molecule has 0 saturated heterocycles. The Balaban J connectivity index is 0.000000310. The topological polar surface area (TPSA) is 83.5 Å². The lowest BCUT2D eigenvalue weighted by Gasteiger charge is -2.41. The monoisotopic (exact) mass is 189 g/mol. The predicted octanol–water partition coefficient (Wildman–Crippen LogP) is 1.43. The highest BCUT2D eigenvalue weighted by Crippen LogP contribution is 2.41. The van der Waals surface area contributed by atoms with E-state index in [1.165, 1.54) is 0 Å². The van der Waals surface area contributed by atoms with Gasteiger partial charge in [0.2, 0.25) is 0 Å². The van der Waals surface area contributed by atoms with Crippen LogP contribution in [0, 0.1) is 11.3 Å². The molecule has 0 aromatic carbocycles. The van der Waals surface area contributed by atoms with Crippen LogP contribution < -0.4 is 5.73 Å². The SMILES string of the molecule is CC(C)(C)C1CC(O)C1.NC(=O)O. The van der Waals surface area contributed by atoms with Crippen molar-refractivity contribution in [1.82, 2.24) is 0 Å². The largest absolute Gasteiger partial charge is 0.465 e. The van der Waals surface area contributed by atoms with Crippen LogP contribution in [-0.4, -0.2) is 22.4 Å². The molecular weight excluding hydrogens is 170 g/mol. The minimum Gasteiger partial charge on any atom is -0.465 e. The molecule has 0 aromatic rings. The first-order valence-corrected chi connectivity index (χ1v) is 4.40. The zero-order chi connectivity index (χ0) is 10.6. The van der Waals surface area contributed by atoms with Crippen LogP contribution in [-0.2, 0) is 0 Å². The maximum Gasteiger partial charge on any atom is 0.402 e. The van der Waals surface area contributed by atoms with E-state index in [9.17, 15) is 0 Å². The molecule has 1 saturated carbocycles. The average Bonchev–Trinajstić information content (AvgIpc) is 1.77. The van der Waals surface area contributed by atoms with Gasteiger partial charge < -0.3 is 15.9 Å². The summed E-state index contributed by atoms with van der Waals surface area (Å²) in [6.07, 6.45) is 0.710. The first-order valence-electron chi connectivity index (χ1n) is 4.40. The molecule has 0 aromatic heterocycles. The molecule has 0 atom stereocenters. The number of primary amides is 1. The van der Waals surface area contributed by atoms with Crippen LogP contribution in [0.1, 0.15) is 33.6 Å². The smallest absolute Gasteiger partial charge is 0.402 e. The van der Waals surface area contributed by atoms with Gasteiger partial charge in [-0.2, -0.15) is 0 Å². The van der Waals surface area contributed by atoms with Crippen molar-refractivity contribution < 1.29 is 15.0 Å². The van der Waals surface area contributed by atoms with Crippen molar-refractivity contribution >= 4 is 6.09 Å². The van der Waals surface area contributed by atoms with Gasteiger partial charge in [-0.05, 0) is 24.2 Å². The summed E-state index contributed by atoms with van der Waals surface area (Å²) in [7, 11) is 0. The molecule has 1 rings (SSSR count). The van der Waals surface area contributed by atoms with Gasteiger partial charge in [-0.25, -0.2) is 4.79 Å². The number of rotatable bonds is 0.